The van der Waals surface area contributed by atoms with E-state index in [2.05, 4.69) is 26.0 Å². The van der Waals surface area contributed by atoms with Gasteiger partial charge in [-0.25, -0.2) is 4.57 Å². The van der Waals surface area contributed by atoms with Crippen LogP contribution in [-0.2, 0) is 32.7 Å². The van der Waals surface area contributed by atoms with Gasteiger partial charge >= 0.3 is 19.8 Å². The van der Waals surface area contributed by atoms with E-state index in [1.807, 2.05) is 0 Å². The summed E-state index contributed by atoms with van der Waals surface area (Å²) in [5.74, 6) is -0.809. The Morgan fingerprint density at radius 1 is 0.446 bits per heavy atom. The SMILES string of the molecule is CCCCCCCC/C=C/CCCCCCCCCCCCCC(=O)O[C@H](COC(=O)CCCCCCCCCCCCCCCCCCCCCCCCC)COP(=O)(O)OCCN. The Bertz CT molecular complexity index is 1070. The van der Waals surface area contributed by atoms with Crippen LogP contribution in [0.25, 0.3) is 0 Å². The van der Waals surface area contributed by atoms with E-state index in [0.29, 0.717) is 6.42 Å². The van der Waals surface area contributed by atoms with Crippen LogP contribution < -0.4 is 5.73 Å². The molecule has 0 bridgehead atoms. The van der Waals surface area contributed by atoms with Crippen LogP contribution in [0.15, 0.2) is 12.2 Å². The molecule has 65 heavy (non-hydrogen) atoms. The zero-order chi connectivity index (χ0) is 47.4. The zero-order valence-electron chi connectivity index (χ0n) is 43.0. The molecule has 2 atom stereocenters. The number of phosphoric acid groups is 1. The molecule has 0 rings (SSSR count). The van der Waals surface area contributed by atoms with Crippen LogP contribution >= 0.6 is 7.82 Å². The first-order valence-electron chi connectivity index (χ1n) is 28.2. The van der Waals surface area contributed by atoms with Gasteiger partial charge in [0.05, 0.1) is 13.2 Å². The monoisotopic (exact) mass is 942 g/mol. The average molecular weight is 942 g/mol. The van der Waals surface area contributed by atoms with Crippen molar-refractivity contribution in [1.82, 2.24) is 0 Å². The molecule has 0 amide bonds. The number of unbranched alkanes of at least 4 members (excludes halogenated alkanes) is 39. The lowest BCUT2D eigenvalue weighted by molar-refractivity contribution is -0.161. The Morgan fingerprint density at radius 2 is 0.754 bits per heavy atom. The van der Waals surface area contributed by atoms with E-state index in [9.17, 15) is 19.0 Å². The Balaban J connectivity index is 3.94. The number of ether oxygens (including phenoxy) is 2. The van der Waals surface area contributed by atoms with Crippen molar-refractivity contribution >= 4 is 19.8 Å². The van der Waals surface area contributed by atoms with E-state index < -0.39 is 26.5 Å². The van der Waals surface area contributed by atoms with Gasteiger partial charge in [-0.1, -0.05) is 257 Å². The number of hydrogen-bond donors (Lipinski definition) is 2. The minimum Gasteiger partial charge on any atom is -0.462 e. The number of allylic oxidation sites excluding steroid dienone is 2. The van der Waals surface area contributed by atoms with Crippen molar-refractivity contribution in [2.45, 2.75) is 302 Å². The topological polar surface area (TPSA) is 134 Å². The summed E-state index contributed by atoms with van der Waals surface area (Å²) in [4.78, 5) is 35.1. The van der Waals surface area contributed by atoms with Crippen LogP contribution in [0.1, 0.15) is 296 Å². The highest BCUT2D eigenvalue weighted by molar-refractivity contribution is 7.47. The second-order valence-corrected chi connectivity index (χ2v) is 20.6. The normalized spacial score (nSPS) is 13.1. The molecule has 0 aliphatic carbocycles. The number of carbonyl (C=O) groups is 2. The lowest BCUT2D eigenvalue weighted by atomic mass is 10.0. The fourth-order valence-corrected chi connectivity index (χ4v) is 9.22. The van der Waals surface area contributed by atoms with Gasteiger partial charge in [0.25, 0.3) is 0 Å². The van der Waals surface area contributed by atoms with Crippen LogP contribution in [0.2, 0.25) is 0 Å². The highest BCUT2D eigenvalue weighted by atomic mass is 31.2. The molecule has 1 unspecified atom stereocenters. The fourth-order valence-electron chi connectivity index (χ4n) is 8.46. The molecule has 386 valence electrons. The van der Waals surface area contributed by atoms with Crippen LogP contribution in [0, 0.1) is 0 Å². The lowest BCUT2D eigenvalue weighted by Gasteiger charge is -2.19. The third-order valence-corrected chi connectivity index (χ3v) is 13.6. The molecular weight excluding hydrogens is 834 g/mol. The van der Waals surface area contributed by atoms with Crippen LogP contribution in [0.5, 0.6) is 0 Å². The standard InChI is InChI=1S/C55H108NO8P/c1-3-5-7-9-11-13-15-17-19-21-23-25-26-28-29-31-33-35-37-39-41-43-45-47-54(57)61-51-53(52-63-65(59,60)62-50-49-56)64-55(58)48-46-44-42-40-38-36-34-32-30-27-24-22-20-18-16-14-12-10-8-6-4-2/h18,20,53H,3-17,19,21-52,56H2,1-2H3,(H,59,60)/b20-18+/t53-/m1/s1. The summed E-state index contributed by atoms with van der Waals surface area (Å²) in [6, 6.07) is 0. The van der Waals surface area contributed by atoms with Crippen molar-refractivity contribution in [2.75, 3.05) is 26.4 Å². The third kappa shape index (κ3) is 52.0. The molecule has 0 aromatic rings. The first-order chi connectivity index (χ1) is 31.8. The van der Waals surface area contributed by atoms with Gasteiger partial charge in [0, 0.05) is 19.4 Å². The molecule has 0 radical (unpaired) electrons. The Morgan fingerprint density at radius 3 is 1.09 bits per heavy atom. The first kappa shape index (κ1) is 63.8. The molecular formula is C55H108NO8P. The summed E-state index contributed by atoms with van der Waals surface area (Å²) in [6.07, 6.45) is 58.3. The molecule has 0 spiro atoms. The summed E-state index contributed by atoms with van der Waals surface area (Å²) >= 11 is 0. The van der Waals surface area contributed by atoms with E-state index >= 15 is 0 Å². The second kappa shape index (κ2) is 52.1. The summed E-state index contributed by atoms with van der Waals surface area (Å²) in [6.45, 7) is 3.80. The van der Waals surface area contributed by atoms with Gasteiger partial charge in [0.2, 0.25) is 0 Å². The Hall–Kier alpha value is -1.25. The second-order valence-electron chi connectivity index (χ2n) is 19.2. The third-order valence-electron chi connectivity index (χ3n) is 12.7. The van der Waals surface area contributed by atoms with Crippen molar-refractivity contribution in [2.24, 2.45) is 5.73 Å². The minimum atomic E-state index is -4.38. The maximum atomic E-state index is 12.7. The maximum Gasteiger partial charge on any atom is 0.472 e. The zero-order valence-corrected chi connectivity index (χ0v) is 43.9. The molecule has 0 aliphatic heterocycles. The van der Waals surface area contributed by atoms with E-state index in [1.165, 1.54) is 231 Å². The smallest absolute Gasteiger partial charge is 0.462 e. The van der Waals surface area contributed by atoms with E-state index in [1.54, 1.807) is 0 Å². The first-order valence-corrected chi connectivity index (χ1v) is 29.7. The van der Waals surface area contributed by atoms with Gasteiger partial charge in [-0.15, -0.1) is 0 Å². The number of esters is 2. The minimum absolute atomic E-state index is 0.0568. The molecule has 0 aromatic heterocycles. The maximum absolute atomic E-state index is 12.7. The molecule has 0 fully saturated rings. The molecule has 0 aromatic carbocycles. The van der Waals surface area contributed by atoms with Crippen LogP contribution in [0.4, 0.5) is 0 Å². The summed E-state index contributed by atoms with van der Waals surface area (Å²) in [5, 5.41) is 0. The van der Waals surface area contributed by atoms with Crippen LogP contribution in [0.3, 0.4) is 0 Å². The highest BCUT2D eigenvalue weighted by Gasteiger charge is 2.26. The molecule has 0 saturated heterocycles. The van der Waals surface area contributed by atoms with Crippen molar-refractivity contribution < 1.29 is 37.6 Å². The van der Waals surface area contributed by atoms with E-state index in [0.717, 1.165) is 32.1 Å². The largest absolute Gasteiger partial charge is 0.472 e. The Labute approximate surface area is 402 Å². The molecule has 0 heterocycles. The quantitative estimate of drug-likeness (QED) is 0.0264. The van der Waals surface area contributed by atoms with Crippen molar-refractivity contribution in [1.29, 1.82) is 0 Å². The lowest BCUT2D eigenvalue weighted by Crippen LogP contribution is -2.29. The van der Waals surface area contributed by atoms with Crippen molar-refractivity contribution in [3.05, 3.63) is 12.2 Å². The molecule has 3 N–H and O–H groups in total. The van der Waals surface area contributed by atoms with Gasteiger partial charge in [0.15, 0.2) is 6.10 Å². The summed E-state index contributed by atoms with van der Waals surface area (Å²) in [5.41, 5.74) is 5.38. The molecule has 9 nitrogen and oxygen atoms in total. The number of carbonyl (C=O) groups excluding carboxylic acids is 2. The van der Waals surface area contributed by atoms with Crippen LogP contribution in [-0.4, -0.2) is 49.3 Å². The number of phosphoric ester groups is 1. The van der Waals surface area contributed by atoms with E-state index in [4.69, 9.17) is 24.3 Å². The van der Waals surface area contributed by atoms with Gasteiger partial charge in [0.1, 0.15) is 6.61 Å². The predicted octanol–water partition coefficient (Wildman–Crippen LogP) is 17.3. The summed E-state index contributed by atoms with van der Waals surface area (Å²) < 4.78 is 33.0. The number of hydrogen-bond acceptors (Lipinski definition) is 8. The van der Waals surface area contributed by atoms with Crippen molar-refractivity contribution in [3.63, 3.8) is 0 Å². The molecule has 0 aliphatic rings. The Kier molecular flexibility index (Phi) is 51.1. The summed E-state index contributed by atoms with van der Waals surface area (Å²) in [7, 11) is -4.38. The van der Waals surface area contributed by atoms with Gasteiger partial charge in [-0.2, -0.15) is 0 Å². The van der Waals surface area contributed by atoms with Gasteiger partial charge in [-0.05, 0) is 38.5 Å². The predicted molar refractivity (Wildman–Crippen MR) is 275 cm³/mol. The molecule has 10 heteroatoms. The number of nitrogens with two attached hydrogens (primary N) is 1. The van der Waals surface area contributed by atoms with Gasteiger partial charge < -0.3 is 20.1 Å². The van der Waals surface area contributed by atoms with E-state index in [-0.39, 0.29) is 38.6 Å². The average Bonchev–Trinajstić information content (AvgIpc) is 3.30. The number of rotatable bonds is 54. The molecule has 0 saturated carbocycles. The van der Waals surface area contributed by atoms with Crippen molar-refractivity contribution in [3.8, 4) is 0 Å². The fraction of sp³-hybridized carbons (Fsp3) is 0.927. The van der Waals surface area contributed by atoms with Gasteiger partial charge in [-0.3, -0.25) is 18.6 Å². The highest BCUT2D eigenvalue weighted by Crippen LogP contribution is 2.43.